The molecule has 0 unspecified atom stereocenters. The predicted molar refractivity (Wildman–Crippen MR) is 80.0 cm³/mol. The maximum atomic E-state index is 5.63. The second kappa shape index (κ2) is 5.49. The highest BCUT2D eigenvalue weighted by Crippen LogP contribution is 2.29. The Balaban J connectivity index is 1.85. The molecule has 0 saturated heterocycles. The average Bonchev–Trinajstić information content (AvgIpc) is 2.47. The fraction of sp³-hybridized carbons (Fsp3) is 0.375. The minimum Gasteiger partial charge on any atom is -0.493 e. The van der Waals surface area contributed by atoms with Gasteiger partial charge in [-0.25, -0.2) is 0 Å². The van der Waals surface area contributed by atoms with E-state index in [1.54, 1.807) is 0 Å². The summed E-state index contributed by atoms with van der Waals surface area (Å²) in [6, 6.07) is 10.6. The SMILES string of the molecule is CC(C)Nc1ccc(-c2ccc3c(c2)CCCO3)nn1. The average molecular weight is 269 g/mol. The van der Waals surface area contributed by atoms with E-state index in [-0.39, 0.29) is 0 Å². The molecule has 0 aliphatic carbocycles. The normalized spacial score (nSPS) is 13.8. The van der Waals surface area contributed by atoms with Gasteiger partial charge in [-0.3, -0.25) is 0 Å². The van der Waals surface area contributed by atoms with Crippen LogP contribution in [0.4, 0.5) is 5.82 Å². The first-order chi connectivity index (χ1) is 9.72. The highest BCUT2D eigenvalue weighted by molar-refractivity contribution is 5.62. The lowest BCUT2D eigenvalue weighted by Gasteiger charge is -2.17. The summed E-state index contributed by atoms with van der Waals surface area (Å²) < 4.78 is 5.63. The number of aromatic nitrogens is 2. The zero-order chi connectivity index (χ0) is 13.9. The summed E-state index contributed by atoms with van der Waals surface area (Å²) in [5, 5.41) is 11.8. The smallest absolute Gasteiger partial charge is 0.148 e. The molecule has 0 spiro atoms. The molecular formula is C16H19N3O. The van der Waals surface area contributed by atoms with Gasteiger partial charge in [-0.05, 0) is 62.6 Å². The van der Waals surface area contributed by atoms with Crippen LogP contribution in [-0.2, 0) is 6.42 Å². The molecule has 4 nitrogen and oxygen atoms in total. The molecule has 1 aromatic carbocycles. The van der Waals surface area contributed by atoms with E-state index in [0.29, 0.717) is 6.04 Å². The van der Waals surface area contributed by atoms with Gasteiger partial charge in [0.15, 0.2) is 0 Å². The first kappa shape index (κ1) is 12.9. The van der Waals surface area contributed by atoms with Gasteiger partial charge in [-0.15, -0.1) is 10.2 Å². The Hall–Kier alpha value is -2.10. The third-order valence-electron chi connectivity index (χ3n) is 3.31. The van der Waals surface area contributed by atoms with Gasteiger partial charge in [-0.1, -0.05) is 0 Å². The molecule has 2 aromatic rings. The van der Waals surface area contributed by atoms with Crippen molar-refractivity contribution in [2.75, 3.05) is 11.9 Å². The van der Waals surface area contributed by atoms with Crippen molar-refractivity contribution in [3.63, 3.8) is 0 Å². The Morgan fingerprint density at radius 2 is 2.05 bits per heavy atom. The molecule has 2 heterocycles. The molecule has 1 N–H and O–H groups in total. The second-order valence-electron chi connectivity index (χ2n) is 5.38. The van der Waals surface area contributed by atoms with E-state index in [9.17, 15) is 0 Å². The number of aryl methyl sites for hydroxylation is 1. The van der Waals surface area contributed by atoms with Crippen molar-refractivity contribution < 1.29 is 4.74 Å². The van der Waals surface area contributed by atoms with Crippen LogP contribution in [0, 0.1) is 0 Å². The lowest BCUT2D eigenvalue weighted by Crippen LogP contribution is -2.11. The molecular weight excluding hydrogens is 250 g/mol. The van der Waals surface area contributed by atoms with Gasteiger partial charge >= 0.3 is 0 Å². The lowest BCUT2D eigenvalue weighted by atomic mass is 10.0. The van der Waals surface area contributed by atoms with Crippen molar-refractivity contribution in [2.24, 2.45) is 0 Å². The molecule has 104 valence electrons. The Morgan fingerprint density at radius 1 is 1.15 bits per heavy atom. The molecule has 3 rings (SSSR count). The van der Waals surface area contributed by atoms with Crippen LogP contribution in [0.15, 0.2) is 30.3 Å². The fourth-order valence-corrected chi connectivity index (χ4v) is 2.38. The van der Waals surface area contributed by atoms with Crippen LogP contribution in [0.5, 0.6) is 5.75 Å². The van der Waals surface area contributed by atoms with Crippen LogP contribution in [0.1, 0.15) is 25.8 Å². The van der Waals surface area contributed by atoms with E-state index in [4.69, 9.17) is 4.74 Å². The molecule has 20 heavy (non-hydrogen) atoms. The van der Waals surface area contributed by atoms with Crippen LogP contribution >= 0.6 is 0 Å². The van der Waals surface area contributed by atoms with Gasteiger partial charge in [0.05, 0.1) is 12.3 Å². The number of benzene rings is 1. The number of hydrogen-bond donors (Lipinski definition) is 1. The molecule has 0 fully saturated rings. The largest absolute Gasteiger partial charge is 0.493 e. The predicted octanol–water partition coefficient (Wildman–Crippen LogP) is 3.29. The summed E-state index contributed by atoms with van der Waals surface area (Å²) in [5.41, 5.74) is 3.26. The molecule has 0 amide bonds. The molecule has 0 atom stereocenters. The summed E-state index contributed by atoms with van der Waals surface area (Å²) in [7, 11) is 0. The Morgan fingerprint density at radius 3 is 2.80 bits per heavy atom. The Kier molecular flexibility index (Phi) is 3.54. The molecule has 4 heteroatoms. The van der Waals surface area contributed by atoms with E-state index in [0.717, 1.165) is 42.3 Å². The number of rotatable bonds is 3. The number of anilines is 1. The lowest BCUT2D eigenvalue weighted by molar-refractivity contribution is 0.288. The Bertz CT molecular complexity index is 593. The van der Waals surface area contributed by atoms with Gasteiger partial charge in [0.25, 0.3) is 0 Å². The van der Waals surface area contributed by atoms with Crippen molar-refractivity contribution in [2.45, 2.75) is 32.7 Å². The van der Waals surface area contributed by atoms with E-state index < -0.39 is 0 Å². The van der Waals surface area contributed by atoms with Crippen LogP contribution in [0.25, 0.3) is 11.3 Å². The monoisotopic (exact) mass is 269 g/mol. The molecule has 1 aromatic heterocycles. The van der Waals surface area contributed by atoms with Crippen LogP contribution in [0.2, 0.25) is 0 Å². The maximum absolute atomic E-state index is 5.63. The minimum atomic E-state index is 0.357. The zero-order valence-electron chi connectivity index (χ0n) is 11.9. The second-order valence-corrected chi connectivity index (χ2v) is 5.38. The summed E-state index contributed by atoms with van der Waals surface area (Å²) in [4.78, 5) is 0. The number of fused-ring (bicyclic) bond motifs is 1. The fourth-order valence-electron chi connectivity index (χ4n) is 2.38. The van der Waals surface area contributed by atoms with Crippen LogP contribution in [0.3, 0.4) is 0 Å². The summed E-state index contributed by atoms with van der Waals surface area (Å²) in [6.45, 7) is 4.99. The highest BCUT2D eigenvalue weighted by atomic mass is 16.5. The summed E-state index contributed by atoms with van der Waals surface area (Å²) in [6.07, 6.45) is 2.16. The molecule has 0 bridgehead atoms. The number of ether oxygens (including phenoxy) is 1. The number of hydrogen-bond acceptors (Lipinski definition) is 4. The van der Waals surface area contributed by atoms with E-state index in [1.807, 2.05) is 24.3 Å². The van der Waals surface area contributed by atoms with Crippen molar-refractivity contribution in [3.05, 3.63) is 35.9 Å². The molecule has 1 aliphatic heterocycles. The molecule has 0 saturated carbocycles. The van der Waals surface area contributed by atoms with E-state index in [1.165, 1.54) is 5.56 Å². The van der Waals surface area contributed by atoms with E-state index >= 15 is 0 Å². The highest BCUT2D eigenvalue weighted by Gasteiger charge is 2.12. The van der Waals surface area contributed by atoms with Crippen LogP contribution < -0.4 is 10.1 Å². The summed E-state index contributed by atoms with van der Waals surface area (Å²) in [5.74, 6) is 1.82. The number of nitrogens with one attached hydrogen (secondary N) is 1. The maximum Gasteiger partial charge on any atom is 0.148 e. The first-order valence-corrected chi connectivity index (χ1v) is 7.09. The van der Waals surface area contributed by atoms with Gasteiger partial charge in [-0.2, -0.15) is 0 Å². The first-order valence-electron chi connectivity index (χ1n) is 7.09. The standard InChI is InChI=1S/C16H19N3O/c1-11(2)17-16-8-6-14(18-19-16)12-5-7-15-13(10-12)4-3-9-20-15/h5-8,10-11H,3-4,9H2,1-2H3,(H,17,19). The minimum absolute atomic E-state index is 0.357. The van der Waals surface area contributed by atoms with Gasteiger partial charge < -0.3 is 10.1 Å². The third-order valence-corrected chi connectivity index (χ3v) is 3.31. The van der Waals surface area contributed by atoms with Gasteiger partial charge in [0.1, 0.15) is 11.6 Å². The van der Waals surface area contributed by atoms with Crippen molar-refractivity contribution in [3.8, 4) is 17.0 Å². The summed E-state index contributed by atoms with van der Waals surface area (Å²) >= 11 is 0. The number of nitrogens with zero attached hydrogens (tertiary/aromatic N) is 2. The zero-order valence-corrected chi connectivity index (χ0v) is 11.9. The molecule has 1 aliphatic rings. The quantitative estimate of drug-likeness (QED) is 0.928. The van der Waals surface area contributed by atoms with Gasteiger partial charge in [0.2, 0.25) is 0 Å². The van der Waals surface area contributed by atoms with Crippen molar-refractivity contribution >= 4 is 5.82 Å². The van der Waals surface area contributed by atoms with Crippen LogP contribution in [-0.4, -0.2) is 22.8 Å². The van der Waals surface area contributed by atoms with Crippen molar-refractivity contribution in [1.29, 1.82) is 0 Å². The third kappa shape index (κ3) is 2.74. The van der Waals surface area contributed by atoms with Crippen molar-refractivity contribution in [1.82, 2.24) is 10.2 Å². The van der Waals surface area contributed by atoms with Gasteiger partial charge in [0, 0.05) is 11.6 Å². The Labute approximate surface area is 119 Å². The van der Waals surface area contributed by atoms with E-state index in [2.05, 4.69) is 35.4 Å². The topological polar surface area (TPSA) is 47.0 Å². The molecule has 0 radical (unpaired) electrons.